The van der Waals surface area contributed by atoms with Gasteiger partial charge in [-0.25, -0.2) is 4.79 Å². The highest BCUT2D eigenvalue weighted by Crippen LogP contribution is 2.31. The third-order valence-corrected chi connectivity index (χ3v) is 6.12. The van der Waals surface area contributed by atoms with Crippen LogP contribution in [0.15, 0.2) is 60.7 Å². The Bertz CT molecular complexity index is 808. The average molecular weight is 411 g/mol. The monoisotopic (exact) mass is 410 g/mol. The number of carbonyl (C=O) groups is 1. The molecule has 6 heteroatoms. The fourth-order valence-corrected chi connectivity index (χ4v) is 4.31. The highest BCUT2D eigenvalue weighted by atomic mass is 16.6. The summed E-state index contributed by atoms with van der Waals surface area (Å²) in [4.78, 5) is 17.0. The van der Waals surface area contributed by atoms with E-state index in [2.05, 4.69) is 4.90 Å². The van der Waals surface area contributed by atoms with E-state index in [1.807, 2.05) is 65.6 Å². The molecule has 1 atom stereocenters. The van der Waals surface area contributed by atoms with Crippen molar-refractivity contribution in [3.05, 3.63) is 71.8 Å². The van der Waals surface area contributed by atoms with Gasteiger partial charge in [-0.05, 0) is 17.5 Å². The lowest BCUT2D eigenvalue weighted by Gasteiger charge is -2.40. The number of amides is 1. The molecule has 2 aliphatic heterocycles. The van der Waals surface area contributed by atoms with Crippen molar-refractivity contribution in [3.8, 4) is 0 Å². The summed E-state index contributed by atoms with van der Waals surface area (Å²) in [6.45, 7) is 3.30. The zero-order valence-electron chi connectivity index (χ0n) is 17.3. The topological polar surface area (TPSA) is 62.2 Å². The summed E-state index contributed by atoms with van der Waals surface area (Å²) < 4.78 is 11.1. The van der Waals surface area contributed by atoms with E-state index in [4.69, 9.17) is 9.47 Å². The Morgan fingerprint density at radius 2 is 1.70 bits per heavy atom. The van der Waals surface area contributed by atoms with Gasteiger partial charge in [-0.2, -0.15) is 0 Å². The predicted octanol–water partition coefficient (Wildman–Crippen LogP) is 3.40. The lowest BCUT2D eigenvalue weighted by atomic mass is 10.0. The molecule has 0 aliphatic carbocycles. The molecule has 1 unspecified atom stereocenters. The molecule has 4 rings (SSSR count). The molecule has 2 aromatic rings. The number of ether oxygens (including phenoxy) is 2. The maximum absolute atomic E-state index is 13.1. The maximum Gasteiger partial charge on any atom is 0.410 e. The highest BCUT2D eigenvalue weighted by Gasteiger charge is 2.42. The fourth-order valence-electron chi connectivity index (χ4n) is 4.31. The van der Waals surface area contributed by atoms with E-state index in [0.717, 1.165) is 24.1 Å². The van der Waals surface area contributed by atoms with Crippen LogP contribution in [0.3, 0.4) is 0 Å². The first-order chi connectivity index (χ1) is 14.6. The molecule has 2 aromatic carbocycles. The van der Waals surface area contributed by atoms with Crippen LogP contribution in [0.5, 0.6) is 0 Å². The summed E-state index contributed by atoms with van der Waals surface area (Å²) in [6.07, 6.45) is 1.72. The minimum atomic E-state index is -0.834. The third kappa shape index (κ3) is 5.01. The van der Waals surface area contributed by atoms with Gasteiger partial charge in [-0.15, -0.1) is 0 Å². The molecule has 1 amide bonds. The number of nitrogens with zero attached hydrogens (tertiary/aromatic N) is 2. The van der Waals surface area contributed by atoms with Gasteiger partial charge in [0.2, 0.25) is 0 Å². The standard InChI is InChI=1S/C24H30N2O4/c27-23(30-19-21-9-5-2-6-10-21)26(17-20-7-3-1-4-8-20)22-11-14-25(18-22)24(28)12-15-29-16-13-24/h1-10,22,28H,11-19H2. The lowest BCUT2D eigenvalue weighted by molar-refractivity contribution is -0.156. The van der Waals surface area contributed by atoms with Crippen LogP contribution in [0.2, 0.25) is 0 Å². The number of carbonyl (C=O) groups excluding carboxylic acids is 1. The quantitative estimate of drug-likeness (QED) is 0.791. The van der Waals surface area contributed by atoms with Crippen LogP contribution in [0, 0.1) is 0 Å². The first-order valence-electron chi connectivity index (χ1n) is 10.7. The molecule has 2 fully saturated rings. The SMILES string of the molecule is O=C(OCc1ccccc1)N(Cc1ccccc1)C1CCN(C2(O)CCOCC2)C1. The molecular formula is C24H30N2O4. The van der Waals surface area contributed by atoms with Gasteiger partial charge in [0.25, 0.3) is 0 Å². The molecule has 0 bridgehead atoms. The third-order valence-electron chi connectivity index (χ3n) is 6.12. The highest BCUT2D eigenvalue weighted by molar-refractivity contribution is 5.68. The molecule has 0 spiro atoms. The second kappa shape index (κ2) is 9.60. The smallest absolute Gasteiger partial charge is 0.410 e. The van der Waals surface area contributed by atoms with Crippen molar-refractivity contribution in [3.63, 3.8) is 0 Å². The molecule has 0 radical (unpaired) electrons. The van der Waals surface area contributed by atoms with Crippen LogP contribution in [0.1, 0.15) is 30.4 Å². The van der Waals surface area contributed by atoms with E-state index in [1.54, 1.807) is 0 Å². The molecule has 2 saturated heterocycles. The lowest BCUT2D eigenvalue weighted by Crippen LogP contribution is -2.52. The van der Waals surface area contributed by atoms with Gasteiger partial charge in [0.15, 0.2) is 0 Å². The normalized spacial score (nSPS) is 21.3. The molecular weight excluding hydrogens is 380 g/mol. The fraction of sp³-hybridized carbons (Fsp3) is 0.458. The largest absolute Gasteiger partial charge is 0.445 e. The summed E-state index contributed by atoms with van der Waals surface area (Å²) in [5.41, 5.74) is 1.20. The van der Waals surface area contributed by atoms with Gasteiger partial charge in [0, 0.05) is 38.5 Å². The van der Waals surface area contributed by atoms with Gasteiger partial charge in [0.1, 0.15) is 12.3 Å². The van der Waals surface area contributed by atoms with E-state index in [9.17, 15) is 9.90 Å². The van der Waals surface area contributed by atoms with Crippen LogP contribution in [-0.4, -0.2) is 59.1 Å². The van der Waals surface area contributed by atoms with Gasteiger partial charge >= 0.3 is 6.09 Å². The molecule has 1 N–H and O–H groups in total. The van der Waals surface area contributed by atoms with Crippen LogP contribution >= 0.6 is 0 Å². The number of likely N-dealkylation sites (tertiary alicyclic amines) is 1. The second-order valence-electron chi connectivity index (χ2n) is 8.14. The van der Waals surface area contributed by atoms with Crippen molar-refractivity contribution in [2.24, 2.45) is 0 Å². The Labute approximate surface area is 178 Å². The van der Waals surface area contributed by atoms with E-state index in [-0.39, 0.29) is 18.7 Å². The number of hydrogen-bond donors (Lipinski definition) is 1. The van der Waals surface area contributed by atoms with Gasteiger partial charge in [-0.3, -0.25) is 9.80 Å². The molecule has 2 heterocycles. The summed E-state index contributed by atoms with van der Waals surface area (Å²) in [6, 6.07) is 19.7. The first-order valence-corrected chi connectivity index (χ1v) is 10.7. The Kier molecular flexibility index (Phi) is 6.67. The average Bonchev–Trinajstić information content (AvgIpc) is 3.29. The van der Waals surface area contributed by atoms with E-state index < -0.39 is 5.72 Å². The van der Waals surface area contributed by atoms with Crippen molar-refractivity contribution >= 4 is 6.09 Å². The summed E-state index contributed by atoms with van der Waals surface area (Å²) in [5, 5.41) is 11.1. The number of aliphatic hydroxyl groups is 1. The van der Waals surface area contributed by atoms with Crippen molar-refractivity contribution < 1.29 is 19.4 Å². The summed E-state index contributed by atoms with van der Waals surface area (Å²) >= 11 is 0. The Morgan fingerprint density at radius 1 is 1.07 bits per heavy atom. The number of benzene rings is 2. The Balaban J connectivity index is 1.45. The first kappa shape index (κ1) is 20.8. The van der Waals surface area contributed by atoms with Crippen LogP contribution in [-0.2, 0) is 22.6 Å². The van der Waals surface area contributed by atoms with E-state index in [1.165, 1.54) is 0 Å². The van der Waals surface area contributed by atoms with E-state index >= 15 is 0 Å². The number of hydrogen-bond acceptors (Lipinski definition) is 5. The van der Waals surface area contributed by atoms with Gasteiger partial charge < -0.3 is 14.6 Å². The van der Waals surface area contributed by atoms with Crippen LogP contribution in [0.25, 0.3) is 0 Å². The van der Waals surface area contributed by atoms with Gasteiger partial charge in [0.05, 0.1) is 13.2 Å². The minimum absolute atomic E-state index is 0.000323. The van der Waals surface area contributed by atoms with Crippen molar-refractivity contribution in [1.29, 1.82) is 0 Å². The molecule has 2 aliphatic rings. The van der Waals surface area contributed by atoms with Crippen LogP contribution < -0.4 is 0 Å². The van der Waals surface area contributed by atoms with Crippen molar-refractivity contribution in [1.82, 2.24) is 9.80 Å². The zero-order valence-corrected chi connectivity index (χ0v) is 17.3. The maximum atomic E-state index is 13.1. The second-order valence-corrected chi connectivity index (χ2v) is 8.14. The summed E-state index contributed by atoms with van der Waals surface area (Å²) in [7, 11) is 0. The molecule has 160 valence electrons. The van der Waals surface area contributed by atoms with Crippen molar-refractivity contribution in [2.75, 3.05) is 26.3 Å². The molecule has 0 saturated carbocycles. The van der Waals surface area contributed by atoms with Crippen LogP contribution in [0.4, 0.5) is 4.79 Å². The van der Waals surface area contributed by atoms with Gasteiger partial charge in [-0.1, -0.05) is 60.7 Å². The number of rotatable bonds is 6. The molecule has 30 heavy (non-hydrogen) atoms. The molecule has 0 aromatic heterocycles. The Morgan fingerprint density at radius 3 is 2.37 bits per heavy atom. The summed E-state index contributed by atoms with van der Waals surface area (Å²) in [5.74, 6) is 0. The minimum Gasteiger partial charge on any atom is -0.445 e. The molecule has 6 nitrogen and oxygen atoms in total. The van der Waals surface area contributed by atoms with E-state index in [0.29, 0.717) is 39.1 Å². The Hall–Kier alpha value is -2.41. The predicted molar refractivity (Wildman–Crippen MR) is 114 cm³/mol. The zero-order chi connectivity index (χ0) is 20.8. The van der Waals surface area contributed by atoms with Crippen molar-refractivity contribution in [2.45, 2.75) is 44.2 Å².